The van der Waals surface area contributed by atoms with Crippen LogP contribution < -0.4 is 16.0 Å². The zero-order valence-electron chi connectivity index (χ0n) is 21.7. The lowest BCUT2D eigenvalue weighted by molar-refractivity contribution is -0.139. The van der Waals surface area contributed by atoms with Gasteiger partial charge in [-0.05, 0) is 26.7 Å². The predicted molar refractivity (Wildman–Crippen MR) is 136 cm³/mol. The van der Waals surface area contributed by atoms with Crippen molar-refractivity contribution in [3.63, 3.8) is 0 Å². The van der Waals surface area contributed by atoms with Crippen LogP contribution in [0.5, 0.6) is 0 Å². The van der Waals surface area contributed by atoms with Gasteiger partial charge in [-0.15, -0.1) is 0 Å². The van der Waals surface area contributed by atoms with E-state index in [9.17, 15) is 19.2 Å². The maximum absolute atomic E-state index is 12.0. The van der Waals surface area contributed by atoms with E-state index in [0.717, 1.165) is 51.4 Å². The lowest BCUT2D eigenvalue weighted by Gasteiger charge is -2.17. The van der Waals surface area contributed by atoms with Crippen molar-refractivity contribution >= 4 is 24.0 Å². The van der Waals surface area contributed by atoms with Crippen LogP contribution in [0.4, 0.5) is 9.59 Å². The molecule has 0 bridgehead atoms. The summed E-state index contributed by atoms with van der Waals surface area (Å²) in [5.74, 6) is -0.908. The molecule has 10 heteroatoms. The van der Waals surface area contributed by atoms with E-state index in [1.165, 1.54) is 4.90 Å². The summed E-state index contributed by atoms with van der Waals surface area (Å²) < 4.78 is 9.87. The third-order valence-electron chi connectivity index (χ3n) is 4.99. The van der Waals surface area contributed by atoms with E-state index in [2.05, 4.69) is 29.1 Å². The van der Waals surface area contributed by atoms with Gasteiger partial charge in [-0.1, -0.05) is 51.7 Å². The maximum Gasteiger partial charge on any atom is 0.333 e. The smallest absolute Gasteiger partial charge is 0.333 e. The first-order valence-electron chi connectivity index (χ1n) is 12.3. The molecular formula is C25H44N4O6. The summed E-state index contributed by atoms with van der Waals surface area (Å²) in [5, 5.41) is 8.29. The minimum absolute atomic E-state index is 0.122. The average Bonchev–Trinajstić information content (AvgIpc) is 2.81. The van der Waals surface area contributed by atoms with Crippen LogP contribution in [-0.4, -0.2) is 75.3 Å². The number of likely N-dealkylation sites (N-methyl/N-ethyl adjacent to an activating group) is 1. The van der Waals surface area contributed by atoms with Crippen LogP contribution >= 0.6 is 0 Å². The van der Waals surface area contributed by atoms with E-state index in [-0.39, 0.29) is 31.8 Å². The molecule has 0 radical (unpaired) electrons. The highest BCUT2D eigenvalue weighted by atomic mass is 16.5. The zero-order valence-corrected chi connectivity index (χ0v) is 21.7. The number of hydrogen-bond donors (Lipinski definition) is 3. The Morgan fingerprint density at radius 2 is 1.09 bits per heavy atom. The first-order chi connectivity index (χ1) is 16.6. The van der Waals surface area contributed by atoms with Gasteiger partial charge in [0.05, 0.1) is 13.1 Å². The molecule has 4 amide bonds. The van der Waals surface area contributed by atoms with E-state index < -0.39 is 11.9 Å². The molecule has 0 aliphatic heterocycles. The standard InChI is InChI=1S/C25H44N4O6/c1-20(2)22(30)34-18-16-27-24(32)26-14-12-10-8-6-7-9-11-13-15-28-25(33)29(5)17-19-35-23(31)21(3)4/h1,3,6-19H2,2,4-5H3,(H,28,33)(H2,26,27,32). The molecule has 0 saturated heterocycles. The van der Waals surface area contributed by atoms with Crippen molar-refractivity contribution < 1.29 is 28.7 Å². The van der Waals surface area contributed by atoms with Crippen LogP contribution in [-0.2, 0) is 19.1 Å². The van der Waals surface area contributed by atoms with E-state index in [0.29, 0.717) is 30.8 Å². The SMILES string of the molecule is C=C(C)C(=O)OCCNC(=O)NCCCCCCCCCCNC(=O)N(C)CCOC(=O)C(=C)C. The first kappa shape index (κ1) is 32.0. The summed E-state index contributed by atoms with van der Waals surface area (Å²) in [6, 6.07) is -0.439. The molecule has 0 aliphatic rings. The van der Waals surface area contributed by atoms with Gasteiger partial charge in [-0.25, -0.2) is 19.2 Å². The highest BCUT2D eigenvalue weighted by Gasteiger charge is 2.09. The molecule has 200 valence electrons. The van der Waals surface area contributed by atoms with Gasteiger partial charge in [0.1, 0.15) is 13.2 Å². The van der Waals surface area contributed by atoms with Crippen molar-refractivity contribution in [3.8, 4) is 0 Å². The Hall–Kier alpha value is -3.04. The second-order valence-electron chi connectivity index (χ2n) is 8.50. The second kappa shape index (κ2) is 20.3. The minimum Gasteiger partial charge on any atom is -0.460 e. The van der Waals surface area contributed by atoms with Gasteiger partial charge >= 0.3 is 24.0 Å². The monoisotopic (exact) mass is 496 g/mol. The van der Waals surface area contributed by atoms with Crippen molar-refractivity contribution in [3.05, 3.63) is 24.3 Å². The molecule has 0 atom stereocenters. The second-order valence-corrected chi connectivity index (χ2v) is 8.50. The van der Waals surface area contributed by atoms with Gasteiger partial charge in [0.25, 0.3) is 0 Å². The quantitative estimate of drug-likeness (QED) is 0.143. The topological polar surface area (TPSA) is 126 Å². The summed E-state index contributed by atoms with van der Waals surface area (Å²) in [6.45, 7) is 12.2. The molecule has 0 spiro atoms. The number of carbonyl (C=O) groups excluding carboxylic acids is 4. The number of nitrogens with zero attached hydrogens (tertiary/aromatic N) is 1. The van der Waals surface area contributed by atoms with E-state index in [1.54, 1.807) is 20.9 Å². The minimum atomic E-state index is -0.459. The fourth-order valence-corrected chi connectivity index (χ4v) is 2.84. The van der Waals surface area contributed by atoms with Crippen LogP contribution in [0.25, 0.3) is 0 Å². The summed E-state index contributed by atoms with van der Waals surface area (Å²) in [6.07, 6.45) is 8.51. The van der Waals surface area contributed by atoms with E-state index in [4.69, 9.17) is 9.47 Å². The molecule has 35 heavy (non-hydrogen) atoms. The number of hydrogen-bond acceptors (Lipinski definition) is 6. The number of nitrogens with one attached hydrogen (secondary N) is 3. The molecular weight excluding hydrogens is 452 g/mol. The zero-order chi connectivity index (χ0) is 26.5. The molecule has 0 aromatic rings. The molecule has 3 N–H and O–H groups in total. The van der Waals surface area contributed by atoms with Crippen molar-refractivity contribution in [2.24, 2.45) is 0 Å². The van der Waals surface area contributed by atoms with Gasteiger partial charge in [0.15, 0.2) is 0 Å². The van der Waals surface area contributed by atoms with E-state index in [1.807, 2.05) is 0 Å². The number of urea groups is 2. The Morgan fingerprint density at radius 3 is 1.60 bits per heavy atom. The largest absolute Gasteiger partial charge is 0.460 e. The molecule has 0 aromatic carbocycles. The van der Waals surface area contributed by atoms with E-state index >= 15 is 0 Å². The Morgan fingerprint density at radius 1 is 0.657 bits per heavy atom. The normalized spacial score (nSPS) is 10.1. The van der Waals surface area contributed by atoms with Gasteiger partial charge in [0, 0.05) is 31.3 Å². The third-order valence-corrected chi connectivity index (χ3v) is 4.99. The van der Waals surface area contributed by atoms with Crippen LogP contribution in [0.2, 0.25) is 0 Å². The lowest BCUT2D eigenvalue weighted by Crippen LogP contribution is -2.39. The highest BCUT2D eigenvalue weighted by Crippen LogP contribution is 2.08. The molecule has 0 saturated carbocycles. The number of unbranched alkanes of at least 4 members (excludes halogenated alkanes) is 7. The van der Waals surface area contributed by atoms with Crippen molar-refractivity contribution in [2.75, 3.05) is 46.4 Å². The Balaban J connectivity index is 3.46. The maximum atomic E-state index is 12.0. The Labute approximate surface area is 209 Å². The number of rotatable bonds is 19. The Bertz CT molecular complexity index is 695. The molecule has 0 heterocycles. The molecule has 10 nitrogen and oxygen atoms in total. The van der Waals surface area contributed by atoms with Crippen molar-refractivity contribution in [1.82, 2.24) is 20.9 Å². The van der Waals surface area contributed by atoms with Crippen LogP contribution in [0.1, 0.15) is 65.2 Å². The van der Waals surface area contributed by atoms with Gasteiger partial charge in [-0.2, -0.15) is 0 Å². The first-order valence-corrected chi connectivity index (χ1v) is 12.3. The van der Waals surface area contributed by atoms with Crippen molar-refractivity contribution in [1.29, 1.82) is 0 Å². The van der Waals surface area contributed by atoms with Gasteiger partial charge in [0.2, 0.25) is 0 Å². The summed E-state index contributed by atoms with van der Waals surface area (Å²) in [7, 11) is 1.66. The van der Waals surface area contributed by atoms with Crippen LogP contribution in [0.3, 0.4) is 0 Å². The molecule has 0 aliphatic carbocycles. The van der Waals surface area contributed by atoms with Gasteiger partial charge in [-0.3, -0.25) is 0 Å². The van der Waals surface area contributed by atoms with Crippen LogP contribution in [0.15, 0.2) is 24.3 Å². The number of esters is 2. The number of ether oxygens (including phenoxy) is 2. The predicted octanol–water partition coefficient (Wildman–Crippen LogP) is 3.29. The highest BCUT2D eigenvalue weighted by molar-refractivity contribution is 5.87. The van der Waals surface area contributed by atoms with Gasteiger partial charge < -0.3 is 30.3 Å². The van der Waals surface area contributed by atoms with Crippen molar-refractivity contribution in [2.45, 2.75) is 65.2 Å². The Kier molecular flexibility index (Phi) is 18.6. The fourth-order valence-electron chi connectivity index (χ4n) is 2.84. The van der Waals surface area contributed by atoms with Crippen LogP contribution in [0, 0.1) is 0 Å². The summed E-state index contributed by atoms with van der Waals surface area (Å²) in [5.41, 5.74) is 0.673. The molecule has 0 rings (SSSR count). The number of carbonyl (C=O) groups is 4. The lowest BCUT2D eigenvalue weighted by atomic mass is 10.1. The average molecular weight is 497 g/mol. The molecule has 0 unspecified atom stereocenters. The molecule has 0 fully saturated rings. The number of amides is 4. The molecule has 0 aromatic heterocycles. The summed E-state index contributed by atoms with van der Waals surface area (Å²) >= 11 is 0. The summed E-state index contributed by atoms with van der Waals surface area (Å²) in [4.78, 5) is 47.6. The fraction of sp³-hybridized carbons (Fsp3) is 0.680. The third kappa shape index (κ3) is 19.0.